The second kappa shape index (κ2) is 2.84. The number of aromatic nitrogens is 2. The molecule has 1 heterocycles. The Bertz CT molecular complexity index is 280. The third-order valence-electron chi connectivity index (χ3n) is 1.04. The fraction of sp³-hybridized carbons (Fsp3) is 0.167. The number of hydrogen-bond donors (Lipinski definition) is 1. The lowest BCUT2D eigenvalue weighted by Crippen LogP contribution is -2.15. The lowest BCUT2D eigenvalue weighted by Gasteiger charge is -1.96. The highest BCUT2D eigenvalue weighted by molar-refractivity contribution is 6.29. The Kier molecular flexibility index (Phi) is 2.05. The lowest BCUT2D eigenvalue weighted by atomic mass is 10.4. The Balaban J connectivity index is 3.19. The van der Waals surface area contributed by atoms with Crippen LogP contribution in [0.25, 0.3) is 0 Å². The van der Waals surface area contributed by atoms with E-state index in [1.807, 2.05) is 0 Å². The lowest BCUT2D eigenvalue weighted by molar-refractivity contribution is 0.0990. The van der Waals surface area contributed by atoms with Crippen LogP contribution in [0.15, 0.2) is 6.07 Å². The Morgan fingerprint density at radius 1 is 1.64 bits per heavy atom. The molecule has 11 heavy (non-hydrogen) atoms. The van der Waals surface area contributed by atoms with E-state index in [2.05, 4.69) is 9.97 Å². The number of hydrogen-bond acceptors (Lipinski definition) is 3. The highest BCUT2D eigenvalue weighted by atomic mass is 35.5. The van der Waals surface area contributed by atoms with Crippen molar-refractivity contribution < 1.29 is 4.79 Å². The largest absolute Gasteiger partial charge is 0.363 e. The molecule has 0 aliphatic rings. The summed E-state index contributed by atoms with van der Waals surface area (Å²) in [6.07, 6.45) is 0. The highest BCUT2D eigenvalue weighted by Crippen LogP contribution is 2.05. The summed E-state index contributed by atoms with van der Waals surface area (Å²) in [5, 5.41) is 0.228. The predicted octanol–water partition coefficient (Wildman–Crippen LogP) is 0.537. The van der Waals surface area contributed by atoms with Gasteiger partial charge in [0, 0.05) is 5.69 Å². The zero-order valence-corrected chi connectivity index (χ0v) is 6.59. The van der Waals surface area contributed by atoms with Crippen LogP contribution >= 0.6 is 11.6 Å². The van der Waals surface area contributed by atoms with Gasteiger partial charge < -0.3 is 5.73 Å². The summed E-state index contributed by atoms with van der Waals surface area (Å²) >= 11 is 5.54. The van der Waals surface area contributed by atoms with Crippen molar-refractivity contribution >= 4 is 17.5 Å². The minimum atomic E-state index is -0.671. The van der Waals surface area contributed by atoms with Crippen LogP contribution in [0.3, 0.4) is 0 Å². The number of primary amides is 1. The average molecular weight is 172 g/mol. The van der Waals surface area contributed by atoms with Gasteiger partial charge in [-0.3, -0.25) is 4.79 Å². The number of carbonyl (C=O) groups excluding carboxylic acids is 1. The molecule has 1 aromatic heterocycles. The van der Waals surface area contributed by atoms with E-state index in [0.717, 1.165) is 0 Å². The first-order valence-corrected chi connectivity index (χ1v) is 3.28. The monoisotopic (exact) mass is 171 g/mol. The molecule has 0 aliphatic heterocycles. The first kappa shape index (κ1) is 7.94. The van der Waals surface area contributed by atoms with E-state index < -0.39 is 5.91 Å². The maximum Gasteiger partial charge on any atom is 0.286 e. The molecule has 4 nitrogen and oxygen atoms in total. The van der Waals surface area contributed by atoms with Crippen molar-refractivity contribution in [2.45, 2.75) is 6.92 Å². The molecule has 1 rings (SSSR count). The van der Waals surface area contributed by atoms with Gasteiger partial charge in [0.05, 0.1) is 0 Å². The third-order valence-corrected chi connectivity index (χ3v) is 1.24. The predicted molar refractivity (Wildman–Crippen MR) is 40.3 cm³/mol. The van der Waals surface area contributed by atoms with E-state index in [1.54, 1.807) is 13.0 Å². The molecule has 0 aromatic carbocycles. The molecular weight excluding hydrogens is 166 g/mol. The Morgan fingerprint density at radius 2 is 2.27 bits per heavy atom. The van der Waals surface area contributed by atoms with Crippen LogP contribution < -0.4 is 5.73 Å². The molecule has 58 valence electrons. The summed E-state index contributed by atoms with van der Waals surface area (Å²) in [5.41, 5.74) is 5.55. The summed E-state index contributed by atoms with van der Waals surface area (Å²) in [4.78, 5) is 17.9. The number of rotatable bonds is 1. The summed E-state index contributed by atoms with van der Waals surface area (Å²) in [7, 11) is 0. The first-order valence-electron chi connectivity index (χ1n) is 2.90. The number of nitrogens with zero attached hydrogens (tertiary/aromatic N) is 2. The molecule has 0 fully saturated rings. The van der Waals surface area contributed by atoms with Gasteiger partial charge in [-0.1, -0.05) is 11.6 Å². The van der Waals surface area contributed by atoms with Gasteiger partial charge in [-0.15, -0.1) is 0 Å². The van der Waals surface area contributed by atoms with Crippen LogP contribution in [0.5, 0.6) is 0 Å². The van der Waals surface area contributed by atoms with Crippen molar-refractivity contribution in [2.24, 2.45) is 5.73 Å². The van der Waals surface area contributed by atoms with Gasteiger partial charge in [0.25, 0.3) is 5.91 Å². The van der Waals surface area contributed by atoms with Crippen molar-refractivity contribution in [3.63, 3.8) is 0 Å². The normalized spacial score (nSPS) is 9.64. The van der Waals surface area contributed by atoms with Crippen LogP contribution in [-0.2, 0) is 0 Å². The fourth-order valence-electron chi connectivity index (χ4n) is 0.640. The molecule has 2 N–H and O–H groups in total. The number of amides is 1. The molecule has 5 heteroatoms. The van der Waals surface area contributed by atoms with Gasteiger partial charge in [-0.25, -0.2) is 9.97 Å². The smallest absolute Gasteiger partial charge is 0.286 e. The van der Waals surface area contributed by atoms with Crippen molar-refractivity contribution in [3.8, 4) is 0 Å². The topological polar surface area (TPSA) is 68.9 Å². The van der Waals surface area contributed by atoms with Crippen LogP contribution in [-0.4, -0.2) is 15.9 Å². The van der Waals surface area contributed by atoms with Gasteiger partial charge in [0.1, 0.15) is 5.15 Å². The summed E-state index contributed by atoms with van der Waals surface area (Å²) in [6.45, 7) is 1.71. The zero-order chi connectivity index (χ0) is 8.43. The molecule has 1 amide bonds. The van der Waals surface area contributed by atoms with Crippen LogP contribution in [0.1, 0.15) is 16.3 Å². The van der Waals surface area contributed by atoms with Crippen LogP contribution in [0.2, 0.25) is 5.15 Å². The molecule has 0 bridgehead atoms. The summed E-state index contributed by atoms with van der Waals surface area (Å²) < 4.78 is 0. The maximum absolute atomic E-state index is 10.5. The quantitative estimate of drug-likeness (QED) is 0.627. The summed E-state index contributed by atoms with van der Waals surface area (Å²) in [5.74, 6) is -0.717. The molecule has 1 aromatic rings. The molecule has 0 radical (unpaired) electrons. The zero-order valence-electron chi connectivity index (χ0n) is 5.84. The van der Waals surface area contributed by atoms with E-state index in [4.69, 9.17) is 17.3 Å². The van der Waals surface area contributed by atoms with Gasteiger partial charge in [-0.2, -0.15) is 0 Å². The average Bonchev–Trinajstić information content (AvgIpc) is 1.85. The van der Waals surface area contributed by atoms with Crippen LogP contribution in [0.4, 0.5) is 0 Å². The molecule has 0 saturated carbocycles. The second-order valence-electron chi connectivity index (χ2n) is 2.02. The third kappa shape index (κ3) is 1.88. The molecule has 0 saturated heterocycles. The Morgan fingerprint density at radius 3 is 2.73 bits per heavy atom. The molecule has 0 atom stereocenters. The van der Waals surface area contributed by atoms with Gasteiger partial charge in [-0.05, 0) is 13.0 Å². The highest BCUT2D eigenvalue weighted by Gasteiger charge is 2.04. The minimum absolute atomic E-state index is 0.0463. The van der Waals surface area contributed by atoms with Crippen molar-refractivity contribution in [1.82, 2.24) is 9.97 Å². The molecule has 0 aliphatic carbocycles. The SMILES string of the molecule is Cc1cc(Cl)nc(C(N)=O)n1. The molecule has 0 unspecified atom stereocenters. The van der Waals surface area contributed by atoms with Gasteiger partial charge in [0.2, 0.25) is 5.82 Å². The minimum Gasteiger partial charge on any atom is -0.363 e. The molecule has 0 spiro atoms. The maximum atomic E-state index is 10.5. The van der Waals surface area contributed by atoms with Crippen molar-refractivity contribution in [2.75, 3.05) is 0 Å². The fourth-order valence-corrected chi connectivity index (χ4v) is 0.878. The van der Waals surface area contributed by atoms with E-state index in [0.29, 0.717) is 5.69 Å². The van der Waals surface area contributed by atoms with Crippen molar-refractivity contribution in [1.29, 1.82) is 0 Å². The summed E-state index contributed by atoms with van der Waals surface area (Å²) in [6, 6.07) is 1.55. The Labute approximate surface area is 68.4 Å². The van der Waals surface area contributed by atoms with Crippen molar-refractivity contribution in [3.05, 3.63) is 22.7 Å². The second-order valence-corrected chi connectivity index (χ2v) is 2.41. The number of nitrogens with two attached hydrogens (primary N) is 1. The Hall–Kier alpha value is -1.16. The van der Waals surface area contributed by atoms with Gasteiger partial charge in [0.15, 0.2) is 0 Å². The van der Waals surface area contributed by atoms with Crippen LogP contribution in [0, 0.1) is 6.92 Å². The first-order chi connectivity index (χ1) is 5.09. The van der Waals surface area contributed by atoms with E-state index >= 15 is 0 Å². The molecular formula is C6H6ClN3O. The number of carbonyl (C=O) groups is 1. The van der Waals surface area contributed by atoms with E-state index in [-0.39, 0.29) is 11.0 Å². The van der Waals surface area contributed by atoms with Gasteiger partial charge >= 0.3 is 0 Å². The number of aryl methyl sites for hydroxylation is 1. The van der Waals surface area contributed by atoms with E-state index in [1.165, 1.54) is 0 Å². The number of halogens is 1. The standard InChI is InChI=1S/C6H6ClN3O/c1-3-2-4(7)10-6(9-3)5(8)11/h2H,1H3,(H2,8,11). The van der Waals surface area contributed by atoms with E-state index in [9.17, 15) is 4.79 Å².